The predicted molar refractivity (Wildman–Crippen MR) is 133 cm³/mol. The van der Waals surface area contributed by atoms with Crippen LogP contribution in [-0.4, -0.2) is 44.9 Å². The second kappa shape index (κ2) is 11.4. The van der Waals surface area contributed by atoms with Gasteiger partial charge in [-0.3, -0.25) is 9.59 Å². The predicted octanol–water partition coefficient (Wildman–Crippen LogP) is 4.69. The van der Waals surface area contributed by atoms with E-state index in [-0.39, 0.29) is 24.9 Å². The van der Waals surface area contributed by atoms with Crippen LogP contribution >= 0.6 is 11.3 Å². The van der Waals surface area contributed by atoms with E-state index in [0.717, 1.165) is 46.6 Å². The lowest BCUT2D eigenvalue weighted by atomic mass is 9.82. The van der Waals surface area contributed by atoms with E-state index in [9.17, 15) is 22.8 Å². The first-order valence-electron chi connectivity index (χ1n) is 12.2. The molecule has 4 rings (SSSR count). The quantitative estimate of drug-likeness (QED) is 0.409. The van der Waals surface area contributed by atoms with Gasteiger partial charge in [-0.15, -0.1) is 21.5 Å². The van der Waals surface area contributed by atoms with Crippen molar-refractivity contribution in [3.8, 4) is 5.69 Å². The molecule has 2 heterocycles. The van der Waals surface area contributed by atoms with Gasteiger partial charge in [0.2, 0.25) is 5.91 Å². The number of alkyl halides is 3. The highest BCUT2D eigenvalue weighted by Gasteiger charge is 2.39. The first kappa shape index (κ1) is 26.8. The maximum atomic E-state index is 13.5. The first-order valence-corrected chi connectivity index (χ1v) is 13.1. The van der Waals surface area contributed by atoms with E-state index in [2.05, 4.69) is 39.8 Å². The fourth-order valence-corrected chi connectivity index (χ4v) is 5.33. The third-order valence-corrected chi connectivity index (χ3v) is 7.74. The number of halogens is 3. The molecule has 0 spiro atoms. The molecule has 37 heavy (non-hydrogen) atoms. The van der Waals surface area contributed by atoms with Crippen molar-refractivity contribution in [2.24, 2.45) is 5.92 Å². The van der Waals surface area contributed by atoms with Gasteiger partial charge in [0.15, 0.2) is 5.69 Å². The van der Waals surface area contributed by atoms with E-state index in [4.69, 9.17) is 0 Å². The smallest absolute Gasteiger partial charge is 0.354 e. The lowest BCUT2D eigenvalue weighted by molar-refractivity contribution is -0.141. The van der Waals surface area contributed by atoms with Crippen molar-refractivity contribution in [2.45, 2.75) is 57.5 Å². The Hall–Kier alpha value is -3.28. The fourth-order valence-electron chi connectivity index (χ4n) is 4.31. The minimum absolute atomic E-state index is 0.00348. The summed E-state index contributed by atoms with van der Waals surface area (Å²) < 4.78 is 41.5. The topological polar surface area (TPSA) is 102 Å². The number of benzene rings is 1. The summed E-state index contributed by atoms with van der Waals surface area (Å²) in [4.78, 5) is 25.1. The lowest BCUT2D eigenvalue weighted by Crippen LogP contribution is -2.38. The van der Waals surface area contributed by atoms with E-state index >= 15 is 0 Å². The zero-order valence-electron chi connectivity index (χ0n) is 20.6. The largest absolute Gasteiger partial charge is 0.435 e. The van der Waals surface area contributed by atoms with Crippen molar-refractivity contribution < 1.29 is 22.8 Å². The van der Waals surface area contributed by atoms with Gasteiger partial charge in [-0.25, -0.2) is 4.68 Å². The van der Waals surface area contributed by atoms with E-state index in [1.54, 1.807) is 41.7 Å². The van der Waals surface area contributed by atoms with Crippen LogP contribution in [0, 0.1) is 5.92 Å². The number of carbonyl (C=O) groups excluding carboxylic acids is 2. The van der Waals surface area contributed by atoms with Gasteiger partial charge in [-0.1, -0.05) is 32.0 Å². The monoisotopic (exact) mass is 534 g/mol. The van der Waals surface area contributed by atoms with E-state index in [1.165, 1.54) is 0 Å². The van der Waals surface area contributed by atoms with Crippen molar-refractivity contribution in [2.75, 3.05) is 13.1 Å². The summed E-state index contributed by atoms with van der Waals surface area (Å²) in [7, 11) is 0. The number of hydrogen-bond acceptors (Lipinski definition) is 6. The Labute approximate surface area is 216 Å². The van der Waals surface area contributed by atoms with E-state index < -0.39 is 23.3 Å². The number of nitrogens with zero attached hydrogens (tertiary/aromatic N) is 4. The van der Waals surface area contributed by atoms with Crippen LogP contribution < -0.4 is 10.6 Å². The molecule has 0 saturated heterocycles. The summed E-state index contributed by atoms with van der Waals surface area (Å²) in [5.74, 6) is -0.491. The third kappa shape index (κ3) is 6.54. The molecule has 0 radical (unpaired) electrons. The van der Waals surface area contributed by atoms with Crippen LogP contribution in [0.15, 0.2) is 36.5 Å². The highest BCUT2D eigenvalue weighted by atomic mass is 32.1. The van der Waals surface area contributed by atoms with E-state index in [0.29, 0.717) is 17.5 Å². The molecule has 1 saturated carbocycles. The second-order valence-electron chi connectivity index (χ2n) is 9.40. The summed E-state index contributed by atoms with van der Waals surface area (Å²) in [5, 5.41) is 19.4. The van der Waals surface area contributed by atoms with Crippen LogP contribution in [0.5, 0.6) is 0 Å². The Kier molecular flexibility index (Phi) is 8.25. The van der Waals surface area contributed by atoms with Gasteiger partial charge in [0.25, 0.3) is 5.91 Å². The first-order chi connectivity index (χ1) is 17.6. The third-order valence-electron chi connectivity index (χ3n) is 6.36. The molecule has 12 heteroatoms. The van der Waals surface area contributed by atoms with Crippen molar-refractivity contribution in [3.63, 3.8) is 0 Å². The molecule has 1 fully saturated rings. The molecule has 0 bridgehead atoms. The van der Waals surface area contributed by atoms with Gasteiger partial charge in [-0.05, 0) is 37.8 Å². The molecule has 0 atom stereocenters. The van der Waals surface area contributed by atoms with Gasteiger partial charge in [0, 0.05) is 37.0 Å². The summed E-state index contributed by atoms with van der Waals surface area (Å²) in [6.07, 6.45) is -0.558. The molecule has 2 N–H and O–H groups in total. The maximum Gasteiger partial charge on any atom is 0.435 e. The van der Waals surface area contributed by atoms with E-state index in [1.807, 2.05) is 0 Å². The number of carbonyl (C=O) groups is 2. The molecule has 1 aromatic carbocycles. The van der Waals surface area contributed by atoms with Gasteiger partial charge in [0.1, 0.15) is 10.0 Å². The number of para-hydroxylation sites is 1. The van der Waals surface area contributed by atoms with Crippen molar-refractivity contribution in [1.82, 2.24) is 30.6 Å². The molecule has 1 aliphatic carbocycles. The molecule has 0 unspecified atom stereocenters. The number of amides is 2. The average molecular weight is 535 g/mol. The molecule has 8 nitrogen and oxygen atoms in total. The van der Waals surface area contributed by atoms with Crippen LogP contribution in [0.4, 0.5) is 13.2 Å². The zero-order chi connectivity index (χ0) is 26.6. The van der Waals surface area contributed by atoms with Crippen molar-refractivity contribution in [3.05, 3.63) is 57.8 Å². The number of rotatable bonds is 8. The summed E-state index contributed by atoms with van der Waals surface area (Å²) >= 11 is 1.64. The minimum Gasteiger partial charge on any atom is -0.354 e. The molecule has 3 aromatic rings. The molecule has 2 aromatic heterocycles. The fraction of sp³-hybridized carbons (Fsp3) is 0.480. The van der Waals surface area contributed by atoms with Crippen LogP contribution in [0.1, 0.15) is 77.4 Å². The Bertz CT molecular complexity index is 1220. The molecule has 2 amide bonds. The molecular weight excluding hydrogens is 505 g/mol. The highest BCUT2D eigenvalue weighted by Crippen LogP contribution is 2.38. The summed E-state index contributed by atoms with van der Waals surface area (Å²) in [5.41, 5.74) is -1.43. The number of hydrogen-bond donors (Lipinski definition) is 2. The molecule has 1 aliphatic rings. The zero-order valence-corrected chi connectivity index (χ0v) is 21.4. The Balaban J connectivity index is 1.26. The molecular formula is C25H29F3N6O2S. The van der Waals surface area contributed by atoms with Gasteiger partial charge in [-0.2, -0.15) is 18.3 Å². The number of aromatic nitrogens is 4. The highest BCUT2D eigenvalue weighted by molar-refractivity contribution is 7.11. The van der Waals surface area contributed by atoms with Crippen LogP contribution in [-0.2, 0) is 11.0 Å². The minimum atomic E-state index is -4.79. The SMILES string of the molecule is CC(C)c1nnc(C2CCC(C(=O)NCCNC(=O)c3cn(-c4ccccc4)nc3C(F)(F)F)CC2)s1. The van der Waals surface area contributed by atoms with Crippen molar-refractivity contribution >= 4 is 23.2 Å². The van der Waals surface area contributed by atoms with Crippen LogP contribution in [0.25, 0.3) is 5.69 Å². The molecule has 0 aliphatic heterocycles. The lowest BCUT2D eigenvalue weighted by Gasteiger charge is -2.26. The number of nitrogens with one attached hydrogen (secondary N) is 2. The Morgan fingerprint density at radius 1 is 1.05 bits per heavy atom. The van der Waals surface area contributed by atoms with Crippen LogP contribution in [0.3, 0.4) is 0 Å². The average Bonchev–Trinajstić information content (AvgIpc) is 3.55. The maximum absolute atomic E-state index is 13.5. The Morgan fingerprint density at radius 2 is 1.73 bits per heavy atom. The van der Waals surface area contributed by atoms with Crippen molar-refractivity contribution in [1.29, 1.82) is 0 Å². The molecule has 198 valence electrons. The summed E-state index contributed by atoms with van der Waals surface area (Å²) in [6.45, 7) is 4.28. The van der Waals surface area contributed by atoms with Gasteiger partial charge in [0.05, 0.1) is 11.3 Å². The normalized spacial score (nSPS) is 18.1. The van der Waals surface area contributed by atoms with Gasteiger partial charge < -0.3 is 10.6 Å². The second-order valence-corrected chi connectivity index (χ2v) is 10.4. The summed E-state index contributed by atoms with van der Waals surface area (Å²) in [6, 6.07) is 8.24. The van der Waals surface area contributed by atoms with Crippen LogP contribution in [0.2, 0.25) is 0 Å². The van der Waals surface area contributed by atoms with Gasteiger partial charge >= 0.3 is 6.18 Å². The standard InChI is InChI=1S/C25H29F3N6O2S/c1-15(2)23-31-32-24(37-23)17-10-8-16(9-11-17)21(35)29-12-13-30-22(36)19-14-34(18-6-4-3-5-7-18)33-20(19)25(26,27)28/h3-7,14-17H,8-13H2,1-2H3,(H,29,35)(H,30,36). The Morgan fingerprint density at radius 3 is 2.35 bits per heavy atom.